The van der Waals surface area contributed by atoms with E-state index < -0.39 is 0 Å². The summed E-state index contributed by atoms with van der Waals surface area (Å²) in [4.78, 5) is 2.34. The Kier molecular flexibility index (Phi) is 4.99. The van der Waals surface area contributed by atoms with Gasteiger partial charge in [0.05, 0.1) is 5.38 Å². The van der Waals surface area contributed by atoms with E-state index in [-0.39, 0.29) is 5.38 Å². The van der Waals surface area contributed by atoms with E-state index in [1.165, 1.54) is 5.56 Å². The molecule has 0 aromatic heterocycles. The van der Waals surface area contributed by atoms with E-state index >= 15 is 0 Å². The summed E-state index contributed by atoms with van der Waals surface area (Å²) >= 11 is 6.32. The number of rotatable bonds is 5. The van der Waals surface area contributed by atoms with Gasteiger partial charge in [-0.2, -0.15) is 0 Å². The van der Waals surface area contributed by atoms with Crippen LogP contribution in [0.3, 0.4) is 0 Å². The molecule has 0 bridgehead atoms. The lowest BCUT2D eigenvalue weighted by Crippen LogP contribution is -2.26. The molecule has 0 aliphatic carbocycles. The molecule has 0 saturated carbocycles. The lowest BCUT2D eigenvalue weighted by atomic mass is 10.1. The molecule has 0 radical (unpaired) electrons. The lowest BCUT2D eigenvalue weighted by Gasteiger charge is -2.21. The summed E-state index contributed by atoms with van der Waals surface area (Å²) in [5.74, 6) is 0. The molecule has 0 spiro atoms. The van der Waals surface area contributed by atoms with Gasteiger partial charge in [0.1, 0.15) is 0 Å². The van der Waals surface area contributed by atoms with Crippen molar-refractivity contribution in [3.63, 3.8) is 0 Å². The van der Waals surface area contributed by atoms with Gasteiger partial charge in [0.15, 0.2) is 0 Å². The maximum atomic E-state index is 6.32. The molecule has 1 aromatic carbocycles. The first-order chi connectivity index (χ1) is 6.77. The molecule has 1 rings (SSSR count). The van der Waals surface area contributed by atoms with Crippen LogP contribution in [0.25, 0.3) is 0 Å². The fourth-order valence-corrected chi connectivity index (χ4v) is 1.82. The van der Waals surface area contributed by atoms with E-state index in [1.807, 2.05) is 18.2 Å². The monoisotopic (exact) mass is 211 g/mol. The second-order valence-corrected chi connectivity index (χ2v) is 3.89. The summed E-state index contributed by atoms with van der Waals surface area (Å²) in [5, 5.41) is 0.107. The fraction of sp³-hybridized carbons (Fsp3) is 0.500. The van der Waals surface area contributed by atoms with Gasteiger partial charge in [-0.05, 0) is 18.7 Å². The predicted octanol–water partition coefficient (Wildman–Crippen LogP) is 3.31. The van der Waals surface area contributed by atoms with Crippen LogP contribution in [-0.2, 0) is 0 Å². The van der Waals surface area contributed by atoms with Gasteiger partial charge in [-0.1, -0.05) is 44.2 Å². The standard InChI is InChI=1S/C12H18ClN/c1-3-14(4-2)10-12(13)11-8-6-5-7-9-11/h5-9,12H,3-4,10H2,1-2H3. The maximum Gasteiger partial charge on any atom is 0.0712 e. The summed E-state index contributed by atoms with van der Waals surface area (Å²) in [6, 6.07) is 10.3. The van der Waals surface area contributed by atoms with Crippen LogP contribution >= 0.6 is 11.6 Å². The maximum absolute atomic E-state index is 6.32. The minimum Gasteiger partial charge on any atom is -0.302 e. The van der Waals surface area contributed by atoms with E-state index in [9.17, 15) is 0 Å². The number of nitrogens with zero attached hydrogens (tertiary/aromatic N) is 1. The molecule has 1 nitrogen and oxygen atoms in total. The average molecular weight is 212 g/mol. The van der Waals surface area contributed by atoms with Crippen molar-refractivity contribution in [2.75, 3.05) is 19.6 Å². The summed E-state index contributed by atoms with van der Waals surface area (Å²) < 4.78 is 0. The Hall–Kier alpha value is -0.530. The van der Waals surface area contributed by atoms with Gasteiger partial charge in [0.25, 0.3) is 0 Å². The Morgan fingerprint density at radius 1 is 1.14 bits per heavy atom. The second kappa shape index (κ2) is 6.05. The van der Waals surface area contributed by atoms with Crippen LogP contribution in [0.5, 0.6) is 0 Å². The molecule has 1 unspecified atom stereocenters. The molecule has 0 heterocycles. The van der Waals surface area contributed by atoms with Gasteiger partial charge in [0.2, 0.25) is 0 Å². The molecular weight excluding hydrogens is 194 g/mol. The number of hydrogen-bond donors (Lipinski definition) is 0. The van der Waals surface area contributed by atoms with Crippen molar-refractivity contribution >= 4 is 11.6 Å². The quantitative estimate of drug-likeness (QED) is 0.676. The first kappa shape index (κ1) is 11.5. The zero-order chi connectivity index (χ0) is 10.4. The molecule has 1 aromatic rings. The smallest absolute Gasteiger partial charge is 0.0712 e. The SMILES string of the molecule is CCN(CC)CC(Cl)c1ccccc1. The van der Waals surface area contributed by atoms with E-state index in [0.29, 0.717) is 0 Å². The molecule has 1 atom stereocenters. The minimum absolute atomic E-state index is 0.107. The first-order valence-corrected chi connectivity index (χ1v) is 5.63. The summed E-state index contributed by atoms with van der Waals surface area (Å²) in [6.07, 6.45) is 0. The highest BCUT2D eigenvalue weighted by molar-refractivity contribution is 6.21. The zero-order valence-corrected chi connectivity index (χ0v) is 9.67. The van der Waals surface area contributed by atoms with E-state index in [2.05, 4.69) is 30.9 Å². The minimum atomic E-state index is 0.107. The molecule has 0 saturated heterocycles. The van der Waals surface area contributed by atoms with Crippen molar-refractivity contribution in [3.8, 4) is 0 Å². The third kappa shape index (κ3) is 3.32. The summed E-state index contributed by atoms with van der Waals surface area (Å²) in [6.45, 7) is 7.38. The fourth-order valence-electron chi connectivity index (χ4n) is 1.48. The summed E-state index contributed by atoms with van der Waals surface area (Å²) in [7, 11) is 0. The molecule has 14 heavy (non-hydrogen) atoms. The normalized spacial score (nSPS) is 13.1. The van der Waals surface area contributed by atoms with Gasteiger partial charge in [-0.25, -0.2) is 0 Å². The highest BCUT2D eigenvalue weighted by Gasteiger charge is 2.10. The molecule has 0 N–H and O–H groups in total. The second-order valence-electron chi connectivity index (χ2n) is 3.36. The van der Waals surface area contributed by atoms with E-state index in [4.69, 9.17) is 11.6 Å². The molecule has 0 amide bonds. The van der Waals surface area contributed by atoms with Crippen molar-refractivity contribution in [1.82, 2.24) is 4.90 Å². The van der Waals surface area contributed by atoms with E-state index in [0.717, 1.165) is 19.6 Å². The van der Waals surface area contributed by atoms with Crippen molar-refractivity contribution < 1.29 is 0 Å². The van der Waals surface area contributed by atoms with E-state index in [1.54, 1.807) is 0 Å². The highest BCUT2D eigenvalue weighted by atomic mass is 35.5. The first-order valence-electron chi connectivity index (χ1n) is 5.19. The van der Waals surface area contributed by atoms with Crippen molar-refractivity contribution in [3.05, 3.63) is 35.9 Å². The Morgan fingerprint density at radius 2 is 1.71 bits per heavy atom. The van der Waals surface area contributed by atoms with Crippen molar-refractivity contribution in [2.45, 2.75) is 19.2 Å². The molecule has 78 valence electrons. The number of likely N-dealkylation sites (N-methyl/N-ethyl adjacent to an activating group) is 1. The molecule has 0 fully saturated rings. The summed E-state index contributed by atoms with van der Waals surface area (Å²) in [5.41, 5.74) is 1.21. The van der Waals surface area contributed by atoms with Crippen molar-refractivity contribution in [2.24, 2.45) is 0 Å². The van der Waals surface area contributed by atoms with Crippen LogP contribution in [0.4, 0.5) is 0 Å². The van der Waals surface area contributed by atoms with Gasteiger partial charge < -0.3 is 4.90 Å². The predicted molar refractivity (Wildman–Crippen MR) is 62.8 cm³/mol. The van der Waals surface area contributed by atoms with Crippen molar-refractivity contribution in [1.29, 1.82) is 0 Å². The number of alkyl halides is 1. The lowest BCUT2D eigenvalue weighted by molar-refractivity contribution is 0.304. The Labute approximate surface area is 91.7 Å². The largest absolute Gasteiger partial charge is 0.302 e. The average Bonchev–Trinajstić information content (AvgIpc) is 2.26. The molecular formula is C12H18ClN. The Bertz CT molecular complexity index is 244. The number of halogens is 1. The molecule has 0 aliphatic rings. The van der Waals surface area contributed by atoms with Crippen LogP contribution in [0, 0.1) is 0 Å². The zero-order valence-electron chi connectivity index (χ0n) is 8.91. The van der Waals surface area contributed by atoms with Crippen LogP contribution < -0.4 is 0 Å². The van der Waals surface area contributed by atoms with Crippen LogP contribution in [0.2, 0.25) is 0 Å². The highest BCUT2D eigenvalue weighted by Crippen LogP contribution is 2.20. The molecule has 2 heteroatoms. The van der Waals surface area contributed by atoms with Gasteiger partial charge in [-0.15, -0.1) is 11.6 Å². The topological polar surface area (TPSA) is 3.24 Å². The Morgan fingerprint density at radius 3 is 2.21 bits per heavy atom. The number of benzene rings is 1. The van der Waals surface area contributed by atoms with Crippen LogP contribution in [-0.4, -0.2) is 24.5 Å². The van der Waals surface area contributed by atoms with Gasteiger partial charge >= 0.3 is 0 Å². The third-order valence-corrected chi connectivity index (χ3v) is 2.86. The Balaban J connectivity index is 2.54. The van der Waals surface area contributed by atoms with Crippen LogP contribution in [0.1, 0.15) is 24.8 Å². The third-order valence-electron chi connectivity index (χ3n) is 2.47. The van der Waals surface area contributed by atoms with Gasteiger partial charge in [0, 0.05) is 6.54 Å². The van der Waals surface area contributed by atoms with Crippen LogP contribution in [0.15, 0.2) is 30.3 Å². The number of hydrogen-bond acceptors (Lipinski definition) is 1. The molecule has 0 aliphatic heterocycles. The van der Waals surface area contributed by atoms with Gasteiger partial charge in [-0.3, -0.25) is 0 Å².